The van der Waals surface area contributed by atoms with E-state index in [2.05, 4.69) is 12.1 Å². The van der Waals surface area contributed by atoms with Gasteiger partial charge in [0.2, 0.25) is 5.76 Å². The van der Waals surface area contributed by atoms with Gasteiger partial charge in [0, 0.05) is 19.0 Å². The van der Waals surface area contributed by atoms with E-state index in [1.54, 1.807) is 4.90 Å². The van der Waals surface area contributed by atoms with E-state index in [-0.39, 0.29) is 17.4 Å². The van der Waals surface area contributed by atoms with Gasteiger partial charge in [-0.15, -0.1) is 0 Å². The van der Waals surface area contributed by atoms with Gasteiger partial charge in [0.25, 0.3) is 5.91 Å². The molecule has 21 heavy (non-hydrogen) atoms. The number of carboxylic acids is 1. The minimum atomic E-state index is -1.17. The normalized spacial score (nSPS) is 17.9. The van der Waals surface area contributed by atoms with Crippen molar-refractivity contribution in [3.63, 3.8) is 0 Å². The standard InChI is InChI=1S/C16H15NO4/c18-15(13-6-7-14(21-13)16(19)20)17-9-8-12(10-17)11-4-2-1-3-5-11/h1-7,12H,8-10H2,(H,19,20). The molecule has 5 nitrogen and oxygen atoms in total. The fourth-order valence-electron chi connectivity index (χ4n) is 2.67. The van der Waals surface area contributed by atoms with E-state index in [0.29, 0.717) is 19.0 Å². The topological polar surface area (TPSA) is 70.8 Å². The fourth-order valence-corrected chi connectivity index (χ4v) is 2.67. The zero-order valence-corrected chi connectivity index (χ0v) is 11.4. The van der Waals surface area contributed by atoms with Gasteiger partial charge in [-0.05, 0) is 24.1 Å². The van der Waals surface area contributed by atoms with Gasteiger partial charge in [-0.3, -0.25) is 4.79 Å². The molecule has 0 bridgehead atoms. The molecule has 2 aromatic rings. The number of rotatable bonds is 3. The third-order valence-electron chi connectivity index (χ3n) is 3.77. The lowest BCUT2D eigenvalue weighted by molar-refractivity contribution is 0.0653. The molecule has 5 heteroatoms. The number of benzene rings is 1. The predicted molar refractivity (Wildman–Crippen MR) is 75.4 cm³/mol. The van der Waals surface area contributed by atoms with E-state index in [1.807, 2.05) is 18.2 Å². The Hall–Kier alpha value is -2.56. The van der Waals surface area contributed by atoms with Crippen molar-refractivity contribution < 1.29 is 19.1 Å². The summed E-state index contributed by atoms with van der Waals surface area (Å²) >= 11 is 0. The van der Waals surface area contributed by atoms with Crippen molar-refractivity contribution >= 4 is 11.9 Å². The van der Waals surface area contributed by atoms with E-state index in [9.17, 15) is 9.59 Å². The largest absolute Gasteiger partial charge is 0.475 e. The maximum absolute atomic E-state index is 12.3. The summed E-state index contributed by atoms with van der Waals surface area (Å²) in [6, 6.07) is 12.8. The fraction of sp³-hybridized carbons (Fsp3) is 0.250. The molecule has 0 spiro atoms. The van der Waals surface area contributed by atoms with Crippen molar-refractivity contribution in [3.05, 3.63) is 59.5 Å². The molecule has 0 saturated carbocycles. The Morgan fingerprint density at radius 3 is 2.48 bits per heavy atom. The van der Waals surface area contributed by atoms with Crippen molar-refractivity contribution in [3.8, 4) is 0 Å². The number of furan rings is 1. The van der Waals surface area contributed by atoms with E-state index < -0.39 is 5.97 Å². The molecular weight excluding hydrogens is 270 g/mol. The van der Waals surface area contributed by atoms with Crippen molar-refractivity contribution in [2.24, 2.45) is 0 Å². The molecule has 1 amide bonds. The van der Waals surface area contributed by atoms with Gasteiger partial charge in [0.15, 0.2) is 5.76 Å². The minimum Gasteiger partial charge on any atom is -0.475 e. The summed E-state index contributed by atoms with van der Waals surface area (Å²) < 4.78 is 5.07. The molecule has 1 saturated heterocycles. The van der Waals surface area contributed by atoms with Gasteiger partial charge < -0.3 is 14.4 Å². The van der Waals surface area contributed by atoms with Gasteiger partial charge in [0.1, 0.15) is 0 Å². The molecule has 1 N–H and O–H groups in total. The summed E-state index contributed by atoms with van der Waals surface area (Å²) in [6.07, 6.45) is 0.905. The van der Waals surface area contributed by atoms with Gasteiger partial charge in [0.05, 0.1) is 0 Å². The highest BCUT2D eigenvalue weighted by Gasteiger charge is 2.29. The SMILES string of the molecule is O=C(O)c1ccc(C(=O)N2CCC(c3ccccc3)C2)o1. The van der Waals surface area contributed by atoms with Crippen molar-refractivity contribution in [1.29, 1.82) is 0 Å². The summed E-state index contributed by atoms with van der Waals surface area (Å²) in [5.41, 5.74) is 1.22. The zero-order valence-electron chi connectivity index (χ0n) is 11.4. The van der Waals surface area contributed by atoms with Crippen LogP contribution < -0.4 is 0 Å². The first-order valence-corrected chi connectivity index (χ1v) is 6.82. The lowest BCUT2D eigenvalue weighted by Crippen LogP contribution is -2.28. The molecule has 1 aliphatic heterocycles. The van der Waals surface area contributed by atoms with Crippen LogP contribution in [0.25, 0.3) is 0 Å². The van der Waals surface area contributed by atoms with Crippen LogP contribution in [0.2, 0.25) is 0 Å². The van der Waals surface area contributed by atoms with Crippen molar-refractivity contribution in [2.75, 3.05) is 13.1 Å². The molecule has 1 aromatic heterocycles. The van der Waals surface area contributed by atoms with Crippen LogP contribution >= 0.6 is 0 Å². The molecule has 1 unspecified atom stereocenters. The summed E-state index contributed by atoms with van der Waals surface area (Å²) in [4.78, 5) is 24.8. The molecule has 1 aromatic carbocycles. The third-order valence-corrected chi connectivity index (χ3v) is 3.77. The zero-order chi connectivity index (χ0) is 14.8. The monoisotopic (exact) mass is 285 g/mol. The predicted octanol–water partition coefficient (Wildman–Crippen LogP) is 2.61. The number of likely N-dealkylation sites (tertiary alicyclic amines) is 1. The first-order chi connectivity index (χ1) is 10.1. The average Bonchev–Trinajstić information content (AvgIpc) is 3.17. The van der Waals surface area contributed by atoms with Crippen LogP contribution in [0.15, 0.2) is 46.9 Å². The number of nitrogens with zero attached hydrogens (tertiary/aromatic N) is 1. The van der Waals surface area contributed by atoms with Crippen LogP contribution in [0.4, 0.5) is 0 Å². The van der Waals surface area contributed by atoms with E-state index in [1.165, 1.54) is 17.7 Å². The summed E-state index contributed by atoms with van der Waals surface area (Å²) in [6.45, 7) is 1.29. The van der Waals surface area contributed by atoms with Gasteiger partial charge in [-0.2, -0.15) is 0 Å². The van der Waals surface area contributed by atoms with Crippen LogP contribution in [0.5, 0.6) is 0 Å². The Morgan fingerprint density at radius 2 is 1.81 bits per heavy atom. The molecule has 0 radical (unpaired) electrons. The molecule has 108 valence electrons. The van der Waals surface area contributed by atoms with Gasteiger partial charge in [-0.25, -0.2) is 4.79 Å². The summed E-state index contributed by atoms with van der Waals surface area (Å²) in [7, 11) is 0. The Bertz CT molecular complexity index is 662. The van der Waals surface area contributed by atoms with Crippen LogP contribution in [-0.4, -0.2) is 35.0 Å². The molecule has 1 atom stereocenters. The molecule has 1 aliphatic rings. The Morgan fingerprint density at radius 1 is 1.10 bits per heavy atom. The smallest absolute Gasteiger partial charge is 0.371 e. The number of amides is 1. The maximum Gasteiger partial charge on any atom is 0.371 e. The lowest BCUT2D eigenvalue weighted by Gasteiger charge is -2.15. The van der Waals surface area contributed by atoms with Crippen LogP contribution in [0.3, 0.4) is 0 Å². The minimum absolute atomic E-state index is 0.0844. The molecular formula is C16H15NO4. The highest BCUT2D eigenvalue weighted by Crippen LogP contribution is 2.28. The van der Waals surface area contributed by atoms with Crippen LogP contribution in [0, 0.1) is 0 Å². The molecule has 1 fully saturated rings. The van der Waals surface area contributed by atoms with E-state index >= 15 is 0 Å². The van der Waals surface area contributed by atoms with Gasteiger partial charge in [-0.1, -0.05) is 30.3 Å². The summed E-state index contributed by atoms with van der Waals surface area (Å²) in [5, 5.41) is 8.82. The number of carboxylic acid groups (broad SMARTS) is 1. The molecule has 3 rings (SSSR count). The van der Waals surface area contributed by atoms with Gasteiger partial charge >= 0.3 is 5.97 Å². The molecule has 2 heterocycles. The number of aromatic carboxylic acids is 1. The first-order valence-electron chi connectivity index (χ1n) is 6.82. The number of carbonyl (C=O) groups excluding carboxylic acids is 1. The quantitative estimate of drug-likeness (QED) is 0.941. The number of hydrogen-bond acceptors (Lipinski definition) is 3. The van der Waals surface area contributed by atoms with Crippen LogP contribution in [-0.2, 0) is 0 Å². The van der Waals surface area contributed by atoms with E-state index in [4.69, 9.17) is 9.52 Å². The first kappa shape index (κ1) is 13.4. The Kier molecular flexibility index (Phi) is 3.48. The Balaban J connectivity index is 1.70. The van der Waals surface area contributed by atoms with E-state index in [0.717, 1.165) is 6.42 Å². The number of hydrogen-bond donors (Lipinski definition) is 1. The maximum atomic E-state index is 12.3. The second-order valence-electron chi connectivity index (χ2n) is 5.12. The van der Waals surface area contributed by atoms with Crippen LogP contribution in [0.1, 0.15) is 39.0 Å². The number of carbonyl (C=O) groups is 2. The van der Waals surface area contributed by atoms with Crippen molar-refractivity contribution in [1.82, 2.24) is 4.90 Å². The Labute approximate surface area is 121 Å². The molecule has 0 aliphatic carbocycles. The average molecular weight is 285 g/mol. The second kappa shape index (κ2) is 5.44. The lowest BCUT2D eigenvalue weighted by atomic mass is 9.99. The van der Waals surface area contributed by atoms with Crippen molar-refractivity contribution in [2.45, 2.75) is 12.3 Å². The highest BCUT2D eigenvalue weighted by atomic mass is 16.4. The third kappa shape index (κ3) is 2.67. The highest BCUT2D eigenvalue weighted by molar-refractivity contribution is 5.93. The summed E-state index contributed by atoms with van der Waals surface area (Å²) in [5.74, 6) is -1.22. The second-order valence-corrected chi connectivity index (χ2v) is 5.12.